The Morgan fingerprint density at radius 3 is 2.88 bits per heavy atom. The van der Waals surface area contributed by atoms with E-state index in [1.54, 1.807) is 7.11 Å². The lowest BCUT2D eigenvalue weighted by Gasteiger charge is -2.25. The maximum atomic E-state index is 5.89. The Kier molecular flexibility index (Phi) is 3.17. The highest BCUT2D eigenvalue weighted by Crippen LogP contribution is 2.26. The number of hydrogen-bond donors (Lipinski definition) is 1. The molecule has 1 heterocycles. The average molecular weight is 221 g/mol. The first-order valence-electron chi connectivity index (χ1n) is 5.68. The molecule has 1 aliphatic heterocycles. The molecule has 3 nitrogen and oxygen atoms in total. The zero-order valence-electron chi connectivity index (χ0n) is 10.1. The molecular formula is C13H19NO2. The van der Waals surface area contributed by atoms with Crippen LogP contribution < -0.4 is 10.1 Å². The summed E-state index contributed by atoms with van der Waals surface area (Å²) in [6, 6.07) is 8.07. The predicted molar refractivity (Wildman–Crippen MR) is 63.7 cm³/mol. The molecule has 0 spiro atoms. The third-order valence-electron chi connectivity index (χ3n) is 2.95. The van der Waals surface area contributed by atoms with Gasteiger partial charge < -0.3 is 9.47 Å². The molecule has 0 amide bonds. The monoisotopic (exact) mass is 221 g/mol. The number of rotatable bonds is 3. The predicted octanol–water partition coefficient (Wildman–Crippen LogP) is 1.96. The summed E-state index contributed by atoms with van der Waals surface area (Å²) in [5.41, 5.74) is 0.905. The number of methoxy groups -OCH3 is 1. The molecule has 2 rings (SSSR count). The van der Waals surface area contributed by atoms with E-state index in [0.29, 0.717) is 0 Å². The number of para-hydroxylation sites is 1. The lowest BCUT2D eigenvalue weighted by Crippen LogP contribution is -2.39. The first-order chi connectivity index (χ1) is 7.63. The topological polar surface area (TPSA) is 30.5 Å². The molecule has 0 saturated carbocycles. The molecule has 1 aromatic rings. The third-order valence-corrected chi connectivity index (χ3v) is 2.95. The molecular weight excluding hydrogens is 202 g/mol. The van der Waals surface area contributed by atoms with Gasteiger partial charge in [0.25, 0.3) is 0 Å². The normalized spacial score (nSPS) is 29.3. The molecule has 1 saturated heterocycles. The fraction of sp³-hybridized carbons (Fsp3) is 0.538. The molecule has 1 N–H and O–H groups in total. The largest absolute Gasteiger partial charge is 0.496 e. The van der Waals surface area contributed by atoms with Crippen LogP contribution in [0.5, 0.6) is 5.75 Å². The Bertz CT molecular complexity index is 367. The van der Waals surface area contributed by atoms with E-state index in [1.807, 2.05) is 18.2 Å². The highest BCUT2D eigenvalue weighted by atomic mass is 16.5. The van der Waals surface area contributed by atoms with Crippen molar-refractivity contribution in [3.63, 3.8) is 0 Å². The van der Waals surface area contributed by atoms with Crippen molar-refractivity contribution in [2.75, 3.05) is 13.7 Å². The summed E-state index contributed by atoms with van der Waals surface area (Å²) in [5.74, 6) is 0.925. The highest BCUT2D eigenvalue weighted by Gasteiger charge is 2.33. The Morgan fingerprint density at radius 2 is 2.25 bits per heavy atom. The van der Waals surface area contributed by atoms with E-state index in [1.165, 1.54) is 5.56 Å². The van der Waals surface area contributed by atoms with Crippen LogP contribution in [-0.2, 0) is 11.2 Å². The van der Waals surface area contributed by atoms with E-state index in [9.17, 15) is 0 Å². The van der Waals surface area contributed by atoms with Gasteiger partial charge in [-0.05, 0) is 25.5 Å². The summed E-state index contributed by atoms with van der Waals surface area (Å²) in [7, 11) is 1.70. The SMILES string of the molecule is COc1ccccc1CC1(C)NCC(C)O1. The molecule has 3 heteroatoms. The number of hydrogen-bond acceptors (Lipinski definition) is 3. The fourth-order valence-electron chi connectivity index (χ4n) is 2.20. The van der Waals surface area contributed by atoms with Crippen LogP contribution in [0, 0.1) is 0 Å². The van der Waals surface area contributed by atoms with E-state index >= 15 is 0 Å². The van der Waals surface area contributed by atoms with Crippen LogP contribution >= 0.6 is 0 Å². The maximum absolute atomic E-state index is 5.89. The molecule has 0 aliphatic carbocycles. The summed E-state index contributed by atoms with van der Waals surface area (Å²) >= 11 is 0. The van der Waals surface area contributed by atoms with E-state index < -0.39 is 0 Å². The highest BCUT2D eigenvalue weighted by molar-refractivity contribution is 5.34. The van der Waals surface area contributed by atoms with Crippen LogP contribution in [0.1, 0.15) is 19.4 Å². The van der Waals surface area contributed by atoms with Gasteiger partial charge in [-0.25, -0.2) is 0 Å². The molecule has 1 aromatic carbocycles. The summed E-state index contributed by atoms with van der Waals surface area (Å²) in [4.78, 5) is 0. The first kappa shape index (κ1) is 11.4. The van der Waals surface area contributed by atoms with Crippen LogP contribution in [0.2, 0.25) is 0 Å². The van der Waals surface area contributed by atoms with Gasteiger partial charge in [-0.2, -0.15) is 0 Å². The van der Waals surface area contributed by atoms with E-state index in [4.69, 9.17) is 9.47 Å². The Morgan fingerprint density at radius 1 is 1.50 bits per heavy atom. The average Bonchev–Trinajstić information content (AvgIpc) is 2.59. The van der Waals surface area contributed by atoms with E-state index in [-0.39, 0.29) is 11.8 Å². The summed E-state index contributed by atoms with van der Waals surface area (Å²) in [5, 5.41) is 3.40. The Labute approximate surface area is 96.8 Å². The molecule has 1 fully saturated rings. The second-order valence-electron chi connectivity index (χ2n) is 4.53. The van der Waals surface area contributed by atoms with Gasteiger partial charge in [-0.15, -0.1) is 0 Å². The smallest absolute Gasteiger partial charge is 0.122 e. The maximum Gasteiger partial charge on any atom is 0.122 e. The Balaban J connectivity index is 2.14. The molecule has 2 atom stereocenters. The van der Waals surface area contributed by atoms with Gasteiger partial charge in [-0.3, -0.25) is 5.32 Å². The lowest BCUT2D eigenvalue weighted by atomic mass is 10.0. The van der Waals surface area contributed by atoms with E-state index in [2.05, 4.69) is 25.2 Å². The summed E-state index contributed by atoms with van der Waals surface area (Å²) < 4.78 is 11.2. The second kappa shape index (κ2) is 4.44. The zero-order valence-corrected chi connectivity index (χ0v) is 10.1. The molecule has 88 valence electrons. The molecule has 0 aromatic heterocycles. The minimum Gasteiger partial charge on any atom is -0.496 e. The van der Waals surface area contributed by atoms with Crippen molar-refractivity contribution in [2.24, 2.45) is 0 Å². The summed E-state index contributed by atoms with van der Waals surface area (Å²) in [6.07, 6.45) is 1.10. The molecule has 0 bridgehead atoms. The molecule has 0 radical (unpaired) electrons. The van der Waals surface area contributed by atoms with Crippen molar-refractivity contribution >= 4 is 0 Å². The Hall–Kier alpha value is -1.06. The van der Waals surface area contributed by atoms with Crippen molar-refractivity contribution in [2.45, 2.75) is 32.1 Å². The van der Waals surface area contributed by atoms with Crippen molar-refractivity contribution < 1.29 is 9.47 Å². The van der Waals surface area contributed by atoms with Gasteiger partial charge in [0.1, 0.15) is 11.5 Å². The zero-order chi connectivity index (χ0) is 11.6. The fourth-order valence-corrected chi connectivity index (χ4v) is 2.20. The molecule has 2 unspecified atom stereocenters. The standard InChI is InChI=1S/C13H19NO2/c1-10-9-14-13(2,16-10)8-11-6-4-5-7-12(11)15-3/h4-7,10,14H,8-9H2,1-3H3. The number of ether oxygens (including phenoxy) is 2. The van der Waals surface area contributed by atoms with Crippen molar-refractivity contribution in [3.05, 3.63) is 29.8 Å². The van der Waals surface area contributed by atoms with Crippen LogP contribution in [0.15, 0.2) is 24.3 Å². The van der Waals surface area contributed by atoms with Crippen molar-refractivity contribution in [3.8, 4) is 5.75 Å². The minimum absolute atomic E-state index is 0.270. The lowest BCUT2D eigenvalue weighted by molar-refractivity contribution is -0.0295. The summed E-state index contributed by atoms with van der Waals surface area (Å²) in [6.45, 7) is 5.08. The van der Waals surface area contributed by atoms with Gasteiger partial charge in [0, 0.05) is 13.0 Å². The van der Waals surface area contributed by atoms with E-state index in [0.717, 1.165) is 18.7 Å². The van der Waals surface area contributed by atoms with Crippen LogP contribution in [0.4, 0.5) is 0 Å². The molecule has 16 heavy (non-hydrogen) atoms. The minimum atomic E-state index is -0.270. The van der Waals surface area contributed by atoms with Gasteiger partial charge in [-0.1, -0.05) is 18.2 Å². The molecule has 1 aliphatic rings. The van der Waals surface area contributed by atoms with Gasteiger partial charge in [0.2, 0.25) is 0 Å². The second-order valence-corrected chi connectivity index (χ2v) is 4.53. The van der Waals surface area contributed by atoms with Gasteiger partial charge in [0.15, 0.2) is 0 Å². The number of nitrogens with one attached hydrogen (secondary N) is 1. The third kappa shape index (κ3) is 2.36. The quantitative estimate of drug-likeness (QED) is 0.846. The van der Waals surface area contributed by atoms with Crippen molar-refractivity contribution in [1.29, 1.82) is 0 Å². The number of benzene rings is 1. The van der Waals surface area contributed by atoms with Gasteiger partial charge in [0.05, 0.1) is 13.2 Å². The van der Waals surface area contributed by atoms with Crippen LogP contribution in [0.3, 0.4) is 0 Å². The van der Waals surface area contributed by atoms with Crippen LogP contribution in [0.25, 0.3) is 0 Å². The van der Waals surface area contributed by atoms with Gasteiger partial charge >= 0.3 is 0 Å². The first-order valence-corrected chi connectivity index (χ1v) is 5.68. The van der Waals surface area contributed by atoms with Crippen LogP contribution in [-0.4, -0.2) is 25.5 Å². The van der Waals surface area contributed by atoms with Crippen molar-refractivity contribution in [1.82, 2.24) is 5.32 Å².